The first-order chi connectivity index (χ1) is 12.5. The smallest absolute Gasteiger partial charge is 0.269 e. The summed E-state index contributed by atoms with van der Waals surface area (Å²) < 4.78 is 0. The number of nitro benzene ring substituents is 1. The lowest BCUT2D eigenvalue weighted by Crippen LogP contribution is -2.33. The number of aliphatic imine (C=N–C) groups is 1. The van der Waals surface area contributed by atoms with Crippen LogP contribution in [0.15, 0.2) is 47.5 Å². The lowest BCUT2D eigenvalue weighted by Gasteiger charge is -2.18. The number of thioether (sulfide) groups is 1. The number of hydrogen-bond acceptors (Lipinski definition) is 5. The maximum absolute atomic E-state index is 12.7. The Balaban J connectivity index is 1.68. The van der Waals surface area contributed by atoms with E-state index in [4.69, 9.17) is 23.2 Å². The second-order valence-corrected chi connectivity index (χ2v) is 7.24. The SMILES string of the molecule is O=C(c1ccc(Cl)cc1Cl)N1CCN=C1SCc1ccc([N+](=O)[O-])cc1. The fourth-order valence-electron chi connectivity index (χ4n) is 2.41. The molecular weight excluding hydrogens is 397 g/mol. The topological polar surface area (TPSA) is 75.8 Å². The maximum atomic E-state index is 12.7. The molecule has 1 aliphatic heterocycles. The lowest BCUT2D eigenvalue weighted by molar-refractivity contribution is -0.384. The van der Waals surface area contributed by atoms with Gasteiger partial charge in [-0.15, -0.1) is 0 Å². The normalized spacial score (nSPS) is 13.6. The summed E-state index contributed by atoms with van der Waals surface area (Å²) in [4.78, 5) is 29.0. The number of hydrogen-bond donors (Lipinski definition) is 0. The van der Waals surface area contributed by atoms with Crippen molar-refractivity contribution in [3.63, 3.8) is 0 Å². The van der Waals surface area contributed by atoms with Crippen molar-refractivity contribution in [3.8, 4) is 0 Å². The molecule has 9 heteroatoms. The monoisotopic (exact) mass is 409 g/mol. The van der Waals surface area contributed by atoms with Crippen LogP contribution in [0.5, 0.6) is 0 Å². The molecule has 0 aliphatic carbocycles. The highest BCUT2D eigenvalue weighted by molar-refractivity contribution is 8.13. The van der Waals surface area contributed by atoms with Crippen molar-refractivity contribution in [3.05, 3.63) is 73.8 Å². The van der Waals surface area contributed by atoms with Gasteiger partial charge in [0.1, 0.15) is 0 Å². The Kier molecular flexibility index (Phi) is 5.80. The van der Waals surface area contributed by atoms with Crippen LogP contribution < -0.4 is 0 Å². The first-order valence-electron chi connectivity index (χ1n) is 7.63. The zero-order chi connectivity index (χ0) is 18.7. The molecule has 134 valence electrons. The molecule has 0 saturated heterocycles. The summed E-state index contributed by atoms with van der Waals surface area (Å²) in [5, 5.41) is 12.1. The molecule has 0 atom stereocenters. The van der Waals surface area contributed by atoms with E-state index in [1.54, 1.807) is 29.2 Å². The van der Waals surface area contributed by atoms with E-state index >= 15 is 0 Å². The number of amides is 1. The molecule has 2 aromatic rings. The van der Waals surface area contributed by atoms with Crippen LogP contribution in [-0.2, 0) is 5.75 Å². The minimum atomic E-state index is -0.436. The van der Waals surface area contributed by atoms with Crippen LogP contribution in [-0.4, -0.2) is 34.0 Å². The predicted molar refractivity (Wildman–Crippen MR) is 104 cm³/mol. The number of halogens is 2. The van der Waals surface area contributed by atoms with Crippen molar-refractivity contribution >= 4 is 51.7 Å². The second-order valence-electron chi connectivity index (χ2n) is 5.46. The molecule has 0 unspecified atom stereocenters. The van der Waals surface area contributed by atoms with Gasteiger partial charge < -0.3 is 0 Å². The fraction of sp³-hybridized carbons (Fsp3) is 0.176. The summed E-state index contributed by atoms with van der Waals surface area (Å²) in [7, 11) is 0. The summed E-state index contributed by atoms with van der Waals surface area (Å²) in [6, 6.07) is 11.1. The fourth-order valence-corrected chi connectivity index (χ4v) is 3.90. The van der Waals surface area contributed by atoms with E-state index in [0.717, 1.165) is 5.56 Å². The van der Waals surface area contributed by atoms with Crippen LogP contribution in [0.25, 0.3) is 0 Å². The third-order valence-corrected chi connectivity index (χ3v) is 5.36. The average Bonchev–Trinajstić information content (AvgIpc) is 3.08. The minimum absolute atomic E-state index is 0.0474. The zero-order valence-electron chi connectivity index (χ0n) is 13.4. The van der Waals surface area contributed by atoms with E-state index in [-0.39, 0.29) is 11.6 Å². The highest BCUT2D eigenvalue weighted by Crippen LogP contribution is 2.26. The Morgan fingerprint density at radius 1 is 1.23 bits per heavy atom. The van der Waals surface area contributed by atoms with Gasteiger partial charge in [0, 0.05) is 29.5 Å². The van der Waals surface area contributed by atoms with Crippen LogP contribution in [0, 0.1) is 10.1 Å². The molecule has 1 amide bonds. The van der Waals surface area contributed by atoms with Gasteiger partial charge in [0.2, 0.25) is 0 Å². The van der Waals surface area contributed by atoms with Crippen molar-refractivity contribution < 1.29 is 9.72 Å². The first-order valence-corrected chi connectivity index (χ1v) is 9.37. The number of nitro groups is 1. The van der Waals surface area contributed by atoms with Gasteiger partial charge in [0.05, 0.1) is 22.1 Å². The maximum Gasteiger partial charge on any atom is 0.269 e. The highest BCUT2D eigenvalue weighted by Gasteiger charge is 2.26. The number of carbonyl (C=O) groups is 1. The van der Waals surface area contributed by atoms with E-state index < -0.39 is 4.92 Å². The van der Waals surface area contributed by atoms with Crippen molar-refractivity contribution in [2.24, 2.45) is 4.99 Å². The van der Waals surface area contributed by atoms with E-state index in [2.05, 4.69) is 4.99 Å². The Hall–Kier alpha value is -2.09. The van der Waals surface area contributed by atoms with Gasteiger partial charge in [-0.05, 0) is 23.8 Å². The molecule has 0 fully saturated rings. The molecule has 0 saturated carbocycles. The van der Waals surface area contributed by atoms with Gasteiger partial charge in [-0.25, -0.2) is 0 Å². The molecule has 0 bridgehead atoms. The summed E-state index contributed by atoms with van der Waals surface area (Å²) >= 11 is 13.4. The summed E-state index contributed by atoms with van der Waals surface area (Å²) in [6.07, 6.45) is 0. The number of non-ortho nitro benzene ring substituents is 1. The molecule has 0 N–H and O–H groups in total. The van der Waals surface area contributed by atoms with Crippen LogP contribution in [0.4, 0.5) is 5.69 Å². The van der Waals surface area contributed by atoms with E-state index in [0.29, 0.717) is 39.6 Å². The van der Waals surface area contributed by atoms with Gasteiger partial charge in [-0.2, -0.15) is 0 Å². The second kappa shape index (κ2) is 8.07. The van der Waals surface area contributed by atoms with E-state index in [9.17, 15) is 14.9 Å². The number of carbonyl (C=O) groups excluding carboxylic acids is 1. The molecule has 2 aromatic carbocycles. The van der Waals surface area contributed by atoms with Crippen LogP contribution >= 0.6 is 35.0 Å². The Labute approximate surface area is 164 Å². The van der Waals surface area contributed by atoms with E-state index in [1.807, 2.05) is 0 Å². The number of amidine groups is 1. The van der Waals surface area contributed by atoms with Crippen molar-refractivity contribution in [1.29, 1.82) is 0 Å². The third kappa shape index (κ3) is 4.17. The van der Waals surface area contributed by atoms with Crippen LogP contribution in [0.1, 0.15) is 15.9 Å². The molecule has 1 heterocycles. The Morgan fingerprint density at radius 3 is 2.62 bits per heavy atom. The number of rotatable bonds is 4. The molecule has 0 spiro atoms. The molecule has 6 nitrogen and oxygen atoms in total. The average molecular weight is 410 g/mol. The summed E-state index contributed by atoms with van der Waals surface area (Å²) in [5.41, 5.74) is 1.33. The van der Waals surface area contributed by atoms with Crippen molar-refractivity contribution in [2.75, 3.05) is 13.1 Å². The minimum Gasteiger partial charge on any atom is -0.286 e. The standard InChI is InChI=1S/C17H13Cl2N3O3S/c18-12-3-6-14(15(19)9-12)16(23)21-8-7-20-17(21)26-10-11-1-4-13(5-2-11)22(24)25/h1-6,9H,7-8,10H2. The first kappa shape index (κ1) is 18.7. The summed E-state index contributed by atoms with van der Waals surface area (Å²) in [6.45, 7) is 1.01. The van der Waals surface area contributed by atoms with E-state index in [1.165, 1.54) is 30.0 Å². The van der Waals surface area contributed by atoms with Gasteiger partial charge >= 0.3 is 0 Å². The van der Waals surface area contributed by atoms with Gasteiger partial charge in [-0.1, -0.05) is 47.1 Å². The van der Waals surface area contributed by atoms with Crippen molar-refractivity contribution in [2.45, 2.75) is 5.75 Å². The van der Waals surface area contributed by atoms with Crippen LogP contribution in [0.3, 0.4) is 0 Å². The number of benzene rings is 2. The Bertz CT molecular complexity index is 887. The third-order valence-electron chi connectivity index (χ3n) is 3.72. The van der Waals surface area contributed by atoms with Gasteiger partial charge in [-0.3, -0.25) is 24.8 Å². The molecule has 0 radical (unpaired) electrons. The number of nitrogens with zero attached hydrogens (tertiary/aromatic N) is 3. The lowest BCUT2D eigenvalue weighted by atomic mass is 10.2. The Morgan fingerprint density at radius 2 is 1.96 bits per heavy atom. The molecule has 26 heavy (non-hydrogen) atoms. The molecule has 3 rings (SSSR count). The largest absolute Gasteiger partial charge is 0.286 e. The molecule has 0 aromatic heterocycles. The summed E-state index contributed by atoms with van der Waals surface area (Å²) in [5.74, 6) is 0.328. The van der Waals surface area contributed by atoms with Crippen molar-refractivity contribution in [1.82, 2.24) is 4.90 Å². The molecule has 1 aliphatic rings. The molecular formula is C17H13Cl2N3O3S. The zero-order valence-corrected chi connectivity index (χ0v) is 15.7. The van der Waals surface area contributed by atoms with Crippen LogP contribution in [0.2, 0.25) is 10.0 Å². The highest BCUT2D eigenvalue weighted by atomic mass is 35.5. The predicted octanol–water partition coefficient (Wildman–Crippen LogP) is 4.65. The van der Waals surface area contributed by atoms with Gasteiger partial charge in [0.25, 0.3) is 11.6 Å². The van der Waals surface area contributed by atoms with Gasteiger partial charge in [0.15, 0.2) is 5.17 Å². The quantitative estimate of drug-likeness (QED) is 0.543.